The van der Waals surface area contributed by atoms with Crippen LogP contribution in [0.3, 0.4) is 0 Å². The minimum Gasteiger partial charge on any atom is -0.353 e. The first-order valence-corrected chi connectivity index (χ1v) is 10.9. The Kier molecular flexibility index (Phi) is 9.37. The summed E-state index contributed by atoms with van der Waals surface area (Å²) >= 11 is 0. The van der Waals surface area contributed by atoms with Crippen LogP contribution >= 0.6 is 12.4 Å². The van der Waals surface area contributed by atoms with Crippen LogP contribution in [0.15, 0.2) is 0 Å². The maximum Gasteiger partial charge on any atom is 0.223 e. The lowest BCUT2D eigenvalue weighted by Gasteiger charge is -2.34. The van der Waals surface area contributed by atoms with Gasteiger partial charge in [0.05, 0.1) is 0 Å². The van der Waals surface area contributed by atoms with Crippen molar-refractivity contribution in [1.82, 2.24) is 16.0 Å². The molecule has 0 aromatic rings. The summed E-state index contributed by atoms with van der Waals surface area (Å²) in [5.41, 5.74) is 0. The summed E-state index contributed by atoms with van der Waals surface area (Å²) in [6.07, 6.45) is 12.9. The lowest BCUT2D eigenvalue weighted by Crippen LogP contribution is -2.53. The van der Waals surface area contributed by atoms with E-state index >= 15 is 0 Å². The molecule has 2 aliphatic carbocycles. The van der Waals surface area contributed by atoms with Crippen molar-refractivity contribution in [1.29, 1.82) is 0 Å². The molecular formula is C21H38ClN3O2. The van der Waals surface area contributed by atoms with Crippen LogP contribution in [0.5, 0.6) is 0 Å². The molecule has 3 N–H and O–H groups in total. The average molecular weight is 400 g/mol. The minimum atomic E-state index is 0. The van der Waals surface area contributed by atoms with Gasteiger partial charge in [-0.15, -0.1) is 12.4 Å². The van der Waals surface area contributed by atoms with Crippen LogP contribution in [0.1, 0.15) is 84.0 Å². The normalized spacial score (nSPS) is 32.2. The van der Waals surface area contributed by atoms with E-state index < -0.39 is 0 Å². The highest BCUT2D eigenvalue weighted by atomic mass is 35.5. The van der Waals surface area contributed by atoms with Crippen LogP contribution in [-0.2, 0) is 9.59 Å². The van der Waals surface area contributed by atoms with Gasteiger partial charge in [0.15, 0.2) is 0 Å². The van der Waals surface area contributed by atoms with Gasteiger partial charge in [-0.1, -0.05) is 19.3 Å². The molecule has 2 amide bonds. The fourth-order valence-corrected chi connectivity index (χ4v) is 4.98. The highest BCUT2D eigenvalue weighted by Gasteiger charge is 2.30. The third-order valence-corrected chi connectivity index (χ3v) is 6.75. The number of halogens is 1. The van der Waals surface area contributed by atoms with E-state index in [9.17, 15) is 9.59 Å². The second kappa shape index (κ2) is 11.3. The molecule has 5 nitrogen and oxygen atoms in total. The van der Waals surface area contributed by atoms with Crippen molar-refractivity contribution in [3.05, 3.63) is 0 Å². The van der Waals surface area contributed by atoms with Gasteiger partial charge in [-0.3, -0.25) is 9.59 Å². The number of hydrogen-bond acceptors (Lipinski definition) is 3. The summed E-state index contributed by atoms with van der Waals surface area (Å²) < 4.78 is 0. The lowest BCUT2D eigenvalue weighted by atomic mass is 9.84. The Labute approximate surface area is 170 Å². The van der Waals surface area contributed by atoms with E-state index in [-0.39, 0.29) is 42.2 Å². The van der Waals surface area contributed by atoms with Crippen molar-refractivity contribution in [3.8, 4) is 0 Å². The Morgan fingerprint density at radius 2 is 1.59 bits per heavy atom. The van der Waals surface area contributed by atoms with Gasteiger partial charge in [-0.05, 0) is 70.8 Å². The number of nitrogens with one attached hydrogen (secondary N) is 3. The van der Waals surface area contributed by atoms with Gasteiger partial charge in [-0.25, -0.2) is 0 Å². The van der Waals surface area contributed by atoms with E-state index in [1.54, 1.807) is 0 Å². The molecule has 2 atom stereocenters. The Bertz CT molecular complexity index is 474. The molecule has 2 unspecified atom stereocenters. The van der Waals surface area contributed by atoms with Crippen LogP contribution in [0.25, 0.3) is 0 Å². The van der Waals surface area contributed by atoms with Gasteiger partial charge in [-0.2, -0.15) is 0 Å². The zero-order chi connectivity index (χ0) is 18.4. The molecule has 27 heavy (non-hydrogen) atoms. The smallest absolute Gasteiger partial charge is 0.223 e. The Balaban J connectivity index is 0.00000261. The van der Waals surface area contributed by atoms with Gasteiger partial charge in [0.1, 0.15) is 0 Å². The van der Waals surface area contributed by atoms with Crippen molar-refractivity contribution in [2.24, 2.45) is 11.8 Å². The molecule has 1 aliphatic heterocycles. The summed E-state index contributed by atoms with van der Waals surface area (Å²) in [5.74, 6) is 1.16. The number of carbonyl (C=O) groups excluding carboxylic acids is 2. The highest BCUT2D eigenvalue weighted by molar-refractivity contribution is 5.85. The molecule has 1 heterocycles. The zero-order valence-corrected chi connectivity index (χ0v) is 17.6. The molecule has 0 aromatic heterocycles. The summed E-state index contributed by atoms with van der Waals surface area (Å²) in [6, 6.07) is 0.901. The molecular weight excluding hydrogens is 362 g/mol. The number of hydrogen-bond donors (Lipinski definition) is 3. The Morgan fingerprint density at radius 1 is 0.889 bits per heavy atom. The predicted octanol–water partition coefficient (Wildman–Crippen LogP) is 3.31. The van der Waals surface area contributed by atoms with Crippen LogP contribution in [0.4, 0.5) is 0 Å². The van der Waals surface area contributed by atoms with E-state index in [1.165, 1.54) is 32.1 Å². The lowest BCUT2D eigenvalue weighted by molar-refractivity contribution is -0.127. The summed E-state index contributed by atoms with van der Waals surface area (Å²) in [7, 11) is 0. The molecule has 6 heteroatoms. The summed E-state index contributed by atoms with van der Waals surface area (Å²) in [5, 5.41) is 9.93. The maximum atomic E-state index is 12.6. The van der Waals surface area contributed by atoms with Gasteiger partial charge >= 0.3 is 0 Å². The molecule has 156 valence electrons. The van der Waals surface area contributed by atoms with Crippen LogP contribution < -0.4 is 16.0 Å². The number of rotatable bonds is 5. The van der Waals surface area contributed by atoms with Gasteiger partial charge < -0.3 is 16.0 Å². The molecule has 3 aliphatic rings. The number of amides is 2. The maximum absolute atomic E-state index is 12.6. The van der Waals surface area contributed by atoms with E-state index in [2.05, 4.69) is 22.9 Å². The van der Waals surface area contributed by atoms with Crippen molar-refractivity contribution in [2.45, 2.75) is 102 Å². The average Bonchev–Trinajstić information content (AvgIpc) is 2.65. The topological polar surface area (TPSA) is 70.2 Å². The summed E-state index contributed by atoms with van der Waals surface area (Å²) in [4.78, 5) is 24.9. The Hall–Kier alpha value is -0.810. The molecule has 0 aromatic carbocycles. The quantitative estimate of drug-likeness (QED) is 0.664. The van der Waals surface area contributed by atoms with Crippen molar-refractivity contribution in [2.75, 3.05) is 6.54 Å². The SMILES string of the molecule is CC1NCCCC1NC(=O)C1CCC(NC(=O)CC2CCCCC2)CC1.Cl. The molecule has 0 radical (unpaired) electrons. The first-order valence-electron chi connectivity index (χ1n) is 10.9. The first-order chi connectivity index (χ1) is 12.6. The Morgan fingerprint density at radius 3 is 2.26 bits per heavy atom. The molecule has 3 rings (SSSR count). The minimum absolute atomic E-state index is 0. The van der Waals surface area contributed by atoms with Gasteiger partial charge in [0.2, 0.25) is 11.8 Å². The van der Waals surface area contributed by atoms with E-state index in [1.807, 2.05) is 0 Å². The molecule has 3 fully saturated rings. The molecule has 2 saturated carbocycles. The second-order valence-corrected chi connectivity index (χ2v) is 8.82. The standard InChI is InChI=1S/C21H37N3O2.ClH/c1-15-19(8-5-13-22-15)24-21(26)17-9-11-18(12-10-17)23-20(25)14-16-6-3-2-4-7-16;/h15-19,22H,2-14H2,1H3,(H,23,25)(H,24,26);1H. The highest BCUT2D eigenvalue weighted by Crippen LogP contribution is 2.28. The van der Waals surface area contributed by atoms with E-state index in [0.717, 1.165) is 45.1 Å². The molecule has 0 spiro atoms. The predicted molar refractivity (Wildman–Crippen MR) is 111 cm³/mol. The largest absolute Gasteiger partial charge is 0.353 e. The van der Waals surface area contributed by atoms with Crippen molar-refractivity contribution in [3.63, 3.8) is 0 Å². The fraction of sp³-hybridized carbons (Fsp3) is 0.905. The monoisotopic (exact) mass is 399 g/mol. The van der Waals surface area contributed by atoms with Crippen LogP contribution in [-0.4, -0.2) is 36.5 Å². The third-order valence-electron chi connectivity index (χ3n) is 6.75. The van der Waals surface area contributed by atoms with Crippen molar-refractivity contribution >= 4 is 24.2 Å². The van der Waals surface area contributed by atoms with Crippen molar-refractivity contribution < 1.29 is 9.59 Å². The number of carbonyl (C=O) groups is 2. The third kappa shape index (κ3) is 6.94. The second-order valence-electron chi connectivity index (χ2n) is 8.82. The van der Waals surface area contributed by atoms with E-state index in [0.29, 0.717) is 18.4 Å². The molecule has 0 bridgehead atoms. The van der Waals surface area contributed by atoms with Crippen LogP contribution in [0.2, 0.25) is 0 Å². The zero-order valence-electron chi connectivity index (χ0n) is 16.8. The first kappa shape index (κ1) is 22.5. The fourth-order valence-electron chi connectivity index (χ4n) is 4.98. The summed E-state index contributed by atoms with van der Waals surface area (Å²) in [6.45, 7) is 3.21. The van der Waals surface area contributed by atoms with Gasteiger partial charge in [0.25, 0.3) is 0 Å². The number of piperidine rings is 1. The molecule has 1 saturated heterocycles. The van der Waals surface area contributed by atoms with Gasteiger partial charge in [0, 0.05) is 30.5 Å². The van der Waals surface area contributed by atoms with E-state index in [4.69, 9.17) is 0 Å². The van der Waals surface area contributed by atoms with Crippen LogP contribution in [0, 0.1) is 11.8 Å².